The van der Waals surface area contributed by atoms with E-state index in [2.05, 4.69) is 10.6 Å². The Balaban J connectivity index is 2.08. The SMILES string of the molecule is CNC1CCC(Nc2c(Cl)cc([N+](=O)[O-])cc2Cl)CC1. The molecule has 2 N–H and O–H groups in total. The third kappa shape index (κ3) is 3.53. The zero-order chi connectivity index (χ0) is 14.7. The first-order valence-corrected chi connectivity index (χ1v) is 7.34. The fourth-order valence-corrected chi connectivity index (χ4v) is 3.12. The number of hydrogen-bond donors (Lipinski definition) is 2. The number of nitrogens with zero attached hydrogens (tertiary/aromatic N) is 1. The van der Waals surface area contributed by atoms with E-state index in [1.54, 1.807) is 0 Å². The maximum atomic E-state index is 10.7. The van der Waals surface area contributed by atoms with Gasteiger partial charge in [-0.05, 0) is 32.7 Å². The minimum absolute atomic E-state index is 0.0931. The topological polar surface area (TPSA) is 67.2 Å². The number of nitro groups is 1. The van der Waals surface area contributed by atoms with Gasteiger partial charge in [-0.25, -0.2) is 0 Å². The summed E-state index contributed by atoms with van der Waals surface area (Å²) in [5, 5.41) is 17.9. The van der Waals surface area contributed by atoms with E-state index < -0.39 is 4.92 Å². The van der Waals surface area contributed by atoms with Gasteiger partial charge in [0.2, 0.25) is 0 Å². The normalized spacial score (nSPS) is 22.6. The molecule has 7 heteroatoms. The van der Waals surface area contributed by atoms with Gasteiger partial charge in [0, 0.05) is 24.2 Å². The average molecular weight is 318 g/mol. The second-order valence-electron chi connectivity index (χ2n) is 5.02. The van der Waals surface area contributed by atoms with E-state index in [-0.39, 0.29) is 5.69 Å². The Bertz CT molecular complexity index is 479. The van der Waals surface area contributed by atoms with Gasteiger partial charge in [0.15, 0.2) is 0 Å². The molecule has 1 aliphatic carbocycles. The predicted molar refractivity (Wildman–Crippen MR) is 81.8 cm³/mol. The highest BCUT2D eigenvalue weighted by Gasteiger charge is 2.22. The second kappa shape index (κ2) is 6.61. The number of benzene rings is 1. The van der Waals surface area contributed by atoms with Crippen molar-refractivity contribution < 1.29 is 4.92 Å². The molecule has 0 radical (unpaired) electrons. The quantitative estimate of drug-likeness (QED) is 0.654. The summed E-state index contributed by atoms with van der Waals surface area (Å²) in [6.07, 6.45) is 4.23. The molecule has 0 bridgehead atoms. The molecule has 1 fully saturated rings. The van der Waals surface area contributed by atoms with Crippen LogP contribution in [0.5, 0.6) is 0 Å². The molecule has 5 nitrogen and oxygen atoms in total. The number of anilines is 1. The van der Waals surface area contributed by atoms with Gasteiger partial charge < -0.3 is 10.6 Å². The van der Waals surface area contributed by atoms with Crippen LogP contribution < -0.4 is 10.6 Å². The summed E-state index contributed by atoms with van der Waals surface area (Å²) in [6.45, 7) is 0. The largest absolute Gasteiger partial charge is 0.380 e. The van der Waals surface area contributed by atoms with E-state index in [0.717, 1.165) is 25.7 Å². The molecule has 0 saturated heterocycles. The van der Waals surface area contributed by atoms with Crippen molar-refractivity contribution in [2.24, 2.45) is 0 Å². The number of nitrogens with one attached hydrogen (secondary N) is 2. The van der Waals surface area contributed by atoms with Crippen molar-refractivity contribution in [1.82, 2.24) is 5.32 Å². The van der Waals surface area contributed by atoms with Crippen LogP contribution in [-0.4, -0.2) is 24.1 Å². The molecule has 2 rings (SSSR count). The van der Waals surface area contributed by atoms with Gasteiger partial charge >= 0.3 is 0 Å². The monoisotopic (exact) mass is 317 g/mol. The highest BCUT2D eigenvalue weighted by molar-refractivity contribution is 6.39. The van der Waals surface area contributed by atoms with E-state index in [1.165, 1.54) is 12.1 Å². The summed E-state index contributed by atoms with van der Waals surface area (Å²) in [7, 11) is 1.97. The molecule has 110 valence electrons. The van der Waals surface area contributed by atoms with Crippen molar-refractivity contribution in [3.05, 3.63) is 32.3 Å². The van der Waals surface area contributed by atoms with Crippen LogP contribution in [0.25, 0.3) is 0 Å². The molecule has 1 aromatic rings. The summed E-state index contributed by atoms with van der Waals surface area (Å²) in [4.78, 5) is 10.2. The summed E-state index contributed by atoms with van der Waals surface area (Å²) in [5.41, 5.74) is 0.497. The van der Waals surface area contributed by atoms with Crippen LogP contribution >= 0.6 is 23.2 Å². The Morgan fingerprint density at radius 3 is 2.10 bits per heavy atom. The maximum absolute atomic E-state index is 10.7. The zero-order valence-electron chi connectivity index (χ0n) is 11.2. The highest BCUT2D eigenvalue weighted by Crippen LogP contribution is 2.36. The molecule has 0 unspecified atom stereocenters. The van der Waals surface area contributed by atoms with Crippen molar-refractivity contribution >= 4 is 34.6 Å². The summed E-state index contributed by atoms with van der Waals surface area (Å²) < 4.78 is 0. The van der Waals surface area contributed by atoms with Gasteiger partial charge in [-0.3, -0.25) is 10.1 Å². The smallest absolute Gasteiger partial charge is 0.272 e. The molecule has 1 saturated carbocycles. The van der Waals surface area contributed by atoms with Crippen LogP contribution in [0.15, 0.2) is 12.1 Å². The number of hydrogen-bond acceptors (Lipinski definition) is 4. The standard InChI is InChI=1S/C13H17Cl2N3O2/c1-16-8-2-4-9(5-3-8)17-13-11(14)6-10(18(19)20)7-12(13)15/h6-9,16-17H,2-5H2,1H3. The van der Waals surface area contributed by atoms with Gasteiger partial charge in [0.1, 0.15) is 0 Å². The average Bonchev–Trinajstić information content (AvgIpc) is 2.43. The molecule has 0 amide bonds. The maximum Gasteiger partial charge on any atom is 0.272 e. The molecule has 20 heavy (non-hydrogen) atoms. The lowest BCUT2D eigenvalue weighted by Gasteiger charge is -2.30. The van der Waals surface area contributed by atoms with Gasteiger partial charge in [-0.15, -0.1) is 0 Å². The second-order valence-corrected chi connectivity index (χ2v) is 5.84. The predicted octanol–water partition coefficient (Wildman–Crippen LogP) is 3.84. The van der Waals surface area contributed by atoms with E-state index in [1.807, 2.05) is 7.05 Å². The molecular formula is C13H17Cl2N3O2. The van der Waals surface area contributed by atoms with Crippen molar-refractivity contribution in [2.75, 3.05) is 12.4 Å². The summed E-state index contributed by atoms with van der Waals surface area (Å²) in [5.74, 6) is 0. The number of rotatable bonds is 4. The highest BCUT2D eigenvalue weighted by atomic mass is 35.5. The molecule has 1 aromatic carbocycles. The lowest BCUT2D eigenvalue weighted by Crippen LogP contribution is -2.35. The zero-order valence-corrected chi connectivity index (χ0v) is 12.7. The van der Waals surface area contributed by atoms with Gasteiger partial charge in [-0.2, -0.15) is 0 Å². The number of nitro benzene ring substituents is 1. The minimum atomic E-state index is -0.500. The first-order valence-electron chi connectivity index (χ1n) is 6.58. The lowest BCUT2D eigenvalue weighted by molar-refractivity contribution is -0.384. The van der Waals surface area contributed by atoms with Crippen LogP contribution in [0.3, 0.4) is 0 Å². The lowest BCUT2D eigenvalue weighted by atomic mass is 9.91. The third-order valence-corrected chi connectivity index (χ3v) is 4.32. The summed E-state index contributed by atoms with van der Waals surface area (Å²) >= 11 is 12.2. The van der Waals surface area contributed by atoms with Crippen LogP contribution in [0.1, 0.15) is 25.7 Å². The minimum Gasteiger partial charge on any atom is -0.380 e. The van der Waals surface area contributed by atoms with E-state index in [9.17, 15) is 10.1 Å². The van der Waals surface area contributed by atoms with Crippen LogP contribution in [0, 0.1) is 10.1 Å². The Morgan fingerprint density at radius 1 is 1.15 bits per heavy atom. The first-order chi connectivity index (χ1) is 9.51. The molecule has 0 aliphatic heterocycles. The number of non-ortho nitro benzene ring substituents is 1. The van der Waals surface area contributed by atoms with E-state index >= 15 is 0 Å². The van der Waals surface area contributed by atoms with Crippen molar-refractivity contribution in [3.8, 4) is 0 Å². The number of halogens is 2. The van der Waals surface area contributed by atoms with Crippen molar-refractivity contribution in [1.29, 1.82) is 0 Å². The molecule has 0 heterocycles. The summed E-state index contributed by atoms with van der Waals surface area (Å²) in [6, 6.07) is 3.52. The fourth-order valence-electron chi connectivity index (χ4n) is 2.53. The van der Waals surface area contributed by atoms with Crippen LogP contribution in [-0.2, 0) is 0 Å². The Morgan fingerprint density at radius 2 is 1.65 bits per heavy atom. The van der Waals surface area contributed by atoms with E-state index in [4.69, 9.17) is 23.2 Å². The molecule has 0 atom stereocenters. The van der Waals surface area contributed by atoms with Gasteiger partial charge in [0.25, 0.3) is 5.69 Å². The molecule has 0 aromatic heterocycles. The van der Waals surface area contributed by atoms with Gasteiger partial charge in [-0.1, -0.05) is 23.2 Å². The van der Waals surface area contributed by atoms with E-state index in [0.29, 0.717) is 27.8 Å². The first kappa shape index (κ1) is 15.4. The molecule has 0 spiro atoms. The van der Waals surface area contributed by atoms with Gasteiger partial charge in [0.05, 0.1) is 20.7 Å². The Hall–Kier alpha value is -1.04. The Kier molecular flexibility index (Phi) is 5.07. The molecular weight excluding hydrogens is 301 g/mol. The van der Waals surface area contributed by atoms with Crippen molar-refractivity contribution in [3.63, 3.8) is 0 Å². The molecule has 1 aliphatic rings. The van der Waals surface area contributed by atoms with Crippen LogP contribution in [0.4, 0.5) is 11.4 Å². The fraction of sp³-hybridized carbons (Fsp3) is 0.538. The Labute approximate surface area is 127 Å². The van der Waals surface area contributed by atoms with Crippen LogP contribution in [0.2, 0.25) is 10.0 Å². The van der Waals surface area contributed by atoms with Crippen molar-refractivity contribution in [2.45, 2.75) is 37.8 Å². The third-order valence-electron chi connectivity index (χ3n) is 3.72.